The third-order valence-corrected chi connectivity index (χ3v) is 5.42. The number of piperidine rings is 1. The Hall–Kier alpha value is -3.68. The molecule has 8 heteroatoms. The van der Waals surface area contributed by atoms with E-state index >= 15 is 0 Å². The summed E-state index contributed by atoms with van der Waals surface area (Å²) in [6.45, 7) is 4.75. The van der Waals surface area contributed by atoms with Crippen LogP contribution in [0, 0.1) is 6.92 Å². The molecule has 4 rings (SSSR count). The third kappa shape index (κ3) is 5.14. The minimum Gasteiger partial charge on any atom is -0.457 e. The smallest absolute Gasteiger partial charge is 0.274 e. The number of aryl methyl sites for hydroxylation is 2. The number of rotatable bonds is 5. The van der Waals surface area contributed by atoms with Crippen molar-refractivity contribution in [2.45, 2.75) is 32.6 Å². The number of benzene rings is 1. The summed E-state index contributed by atoms with van der Waals surface area (Å²) in [5.41, 5.74) is 2.97. The monoisotopic (exact) mass is 433 g/mol. The molecule has 3 heterocycles. The van der Waals surface area contributed by atoms with E-state index in [1.54, 1.807) is 36.1 Å². The van der Waals surface area contributed by atoms with Crippen molar-refractivity contribution in [3.05, 3.63) is 65.7 Å². The Labute approximate surface area is 187 Å². The van der Waals surface area contributed by atoms with Crippen LogP contribution in [0.25, 0.3) is 0 Å². The number of hydrogen-bond acceptors (Lipinski definition) is 5. The number of carbonyl (C=O) groups is 2. The standard InChI is InChI=1S/C24H27N5O3/c1-16-13-21(32-20-8-6-19(7-9-20)26-17(2)30)14-23(25-16)18-5-4-11-29(15-18)24(31)22-10-12-28(3)27-22/h6-10,12-14,18H,4-5,11,15H2,1-3H3,(H,26,30)/t18-/m0/s1. The maximum absolute atomic E-state index is 12.8. The van der Waals surface area contributed by atoms with Crippen molar-refractivity contribution in [2.75, 3.05) is 18.4 Å². The molecular formula is C24H27N5O3. The molecule has 32 heavy (non-hydrogen) atoms. The number of aromatic nitrogens is 3. The molecule has 0 bridgehead atoms. The van der Waals surface area contributed by atoms with Crippen LogP contribution in [0.3, 0.4) is 0 Å². The third-order valence-electron chi connectivity index (χ3n) is 5.42. The molecule has 8 nitrogen and oxygen atoms in total. The molecule has 1 N–H and O–H groups in total. The Morgan fingerprint density at radius 2 is 1.91 bits per heavy atom. The van der Waals surface area contributed by atoms with Gasteiger partial charge in [0.05, 0.1) is 0 Å². The fourth-order valence-corrected chi connectivity index (χ4v) is 3.97. The fraction of sp³-hybridized carbons (Fsp3) is 0.333. The number of pyridine rings is 1. The van der Waals surface area contributed by atoms with Gasteiger partial charge in [0.15, 0.2) is 0 Å². The van der Waals surface area contributed by atoms with E-state index < -0.39 is 0 Å². The van der Waals surface area contributed by atoms with Gasteiger partial charge in [0.2, 0.25) is 5.91 Å². The van der Waals surface area contributed by atoms with E-state index in [9.17, 15) is 9.59 Å². The van der Waals surface area contributed by atoms with Gasteiger partial charge >= 0.3 is 0 Å². The van der Waals surface area contributed by atoms with E-state index in [2.05, 4.69) is 10.4 Å². The van der Waals surface area contributed by atoms with Gasteiger partial charge in [-0.25, -0.2) is 0 Å². The molecule has 1 fully saturated rings. The van der Waals surface area contributed by atoms with Crippen molar-refractivity contribution in [1.29, 1.82) is 0 Å². The van der Waals surface area contributed by atoms with Gasteiger partial charge in [0, 0.05) is 68.4 Å². The lowest BCUT2D eigenvalue weighted by molar-refractivity contribution is -0.114. The first-order valence-electron chi connectivity index (χ1n) is 10.7. The summed E-state index contributed by atoms with van der Waals surface area (Å²) in [5, 5.41) is 6.99. The number of nitrogens with zero attached hydrogens (tertiary/aromatic N) is 4. The molecule has 166 valence electrons. The van der Waals surface area contributed by atoms with E-state index in [4.69, 9.17) is 9.72 Å². The highest BCUT2D eigenvalue weighted by Crippen LogP contribution is 2.31. The highest BCUT2D eigenvalue weighted by molar-refractivity contribution is 5.92. The van der Waals surface area contributed by atoms with E-state index in [0.29, 0.717) is 23.7 Å². The summed E-state index contributed by atoms with van der Waals surface area (Å²) in [6.07, 6.45) is 3.66. The zero-order valence-electron chi connectivity index (χ0n) is 18.5. The molecule has 0 saturated carbocycles. The second-order valence-electron chi connectivity index (χ2n) is 8.14. The van der Waals surface area contributed by atoms with Gasteiger partial charge in [0.25, 0.3) is 5.91 Å². The molecule has 0 spiro atoms. The Balaban J connectivity index is 1.48. The van der Waals surface area contributed by atoms with Gasteiger partial charge in [-0.2, -0.15) is 5.10 Å². The average molecular weight is 434 g/mol. The first kappa shape index (κ1) is 21.5. The number of anilines is 1. The van der Waals surface area contributed by atoms with Crippen LogP contribution >= 0.6 is 0 Å². The molecule has 2 aromatic heterocycles. The average Bonchev–Trinajstić information content (AvgIpc) is 3.20. The Kier molecular flexibility index (Phi) is 6.20. The second kappa shape index (κ2) is 9.21. The lowest BCUT2D eigenvalue weighted by Gasteiger charge is -2.32. The Bertz CT molecular complexity index is 1120. The van der Waals surface area contributed by atoms with Gasteiger partial charge in [0.1, 0.15) is 17.2 Å². The summed E-state index contributed by atoms with van der Waals surface area (Å²) >= 11 is 0. The fourth-order valence-electron chi connectivity index (χ4n) is 3.97. The molecule has 1 aliphatic heterocycles. The van der Waals surface area contributed by atoms with E-state index in [1.165, 1.54) is 6.92 Å². The van der Waals surface area contributed by atoms with Crippen molar-refractivity contribution < 1.29 is 14.3 Å². The zero-order chi connectivity index (χ0) is 22.7. The van der Waals surface area contributed by atoms with Crippen LogP contribution in [-0.4, -0.2) is 44.6 Å². The first-order valence-corrected chi connectivity index (χ1v) is 10.7. The quantitative estimate of drug-likeness (QED) is 0.659. The highest BCUT2D eigenvalue weighted by Gasteiger charge is 2.27. The van der Waals surface area contributed by atoms with Crippen LogP contribution in [0.4, 0.5) is 5.69 Å². The van der Waals surface area contributed by atoms with Crippen molar-refractivity contribution in [2.24, 2.45) is 7.05 Å². The van der Waals surface area contributed by atoms with E-state index in [-0.39, 0.29) is 17.7 Å². The van der Waals surface area contributed by atoms with Crippen LogP contribution in [-0.2, 0) is 11.8 Å². The lowest BCUT2D eigenvalue weighted by atomic mass is 9.93. The Morgan fingerprint density at radius 3 is 2.59 bits per heavy atom. The predicted octanol–water partition coefficient (Wildman–Crippen LogP) is 3.89. The van der Waals surface area contributed by atoms with E-state index in [0.717, 1.165) is 36.5 Å². The SMILES string of the molecule is CC(=O)Nc1ccc(Oc2cc(C)nc([C@H]3CCCN(C(=O)c4ccn(C)n4)C3)c2)cc1. The van der Waals surface area contributed by atoms with Crippen molar-refractivity contribution in [3.8, 4) is 11.5 Å². The van der Waals surface area contributed by atoms with E-state index in [1.807, 2.05) is 36.1 Å². The molecule has 1 saturated heterocycles. The summed E-state index contributed by atoms with van der Waals surface area (Å²) < 4.78 is 7.69. The number of likely N-dealkylation sites (tertiary alicyclic amines) is 1. The van der Waals surface area contributed by atoms with Gasteiger partial charge in [-0.05, 0) is 50.1 Å². The molecule has 1 atom stereocenters. The Morgan fingerprint density at radius 1 is 1.12 bits per heavy atom. The highest BCUT2D eigenvalue weighted by atomic mass is 16.5. The van der Waals surface area contributed by atoms with Crippen LogP contribution < -0.4 is 10.1 Å². The van der Waals surface area contributed by atoms with Crippen LogP contribution in [0.5, 0.6) is 11.5 Å². The first-order chi connectivity index (χ1) is 15.4. The minimum atomic E-state index is -0.115. The van der Waals surface area contributed by atoms with Crippen LogP contribution in [0.1, 0.15) is 47.6 Å². The molecule has 0 radical (unpaired) electrons. The normalized spacial score (nSPS) is 16.0. The molecule has 0 aliphatic carbocycles. The summed E-state index contributed by atoms with van der Waals surface area (Å²) in [5.74, 6) is 1.36. The lowest BCUT2D eigenvalue weighted by Crippen LogP contribution is -2.39. The largest absolute Gasteiger partial charge is 0.457 e. The second-order valence-corrected chi connectivity index (χ2v) is 8.14. The van der Waals surface area contributed by atoms with Crippen molar-refractivity contribution in [3.63, 3.8) is 0 Å². The van der Waals surface area contributed by atoms with Gasteiger partial charge in [-0.15, -0.1) is 0 Å². The number of nitrogens with one attached hydrogen (secondary N) is 1. The van der Waals surface area contributed by atoms with Crippen LogP contribution in [0.2, 0.25) is 0 Å². The topological polar surface area (TPSA) is 89.4 Å². The molecule has 2 amide bonds. The van der Waals surface area contributed by atoms with Gasteiger partial charge in [-0.3, -0.25) is 19.3 Å². The predicted molar refractivity (Wildman–Crippen MR) is 121 cm³/mol. The number of carbonyl (C=O) groups excluding carboxylic acids is 2. The maximum atomic E-state index is 12.8. The molecule has 1 aliphatic rings. The summed E-state index contributed by atoms with van der Waals surface area (Å²) in [4.78, 5) is 30.6. The zero-order valence-corrected chi connectivity index (χ0v) is 18.5. The number of amides is 2. The van der Waals surface area contributed by atoms with Gasteiger partial charge in [-0.1, -0.05) is 0 Å². The van der Waals surface area contributed by atoms with Crippen LogP contribution in [0.15, 0.2) is 48.7 Å². The molecule has 0 unspecified atom stereocenters. The number of hydrogen-bond donors (Lipinski definition) is 1. The van der Waals surface area contributed by atoms with Gasteiger partial charge < -0.3 is 15.0 Å². The van der Waals surface area contributed by atoms with Crippen molar-refractivity contribution in [1.82, 2.24) is 19.7 Å². The van der Waals surface area contributed by atoms with Crippen molar-refractivity contribution >= 4 is 17.5 Å². The minimum absolute atomic E-state index is 0.0429. The molecule has 1 aromatic carbocycles. The molecular weight excluding hydrogens is 406 g/mol. The summed E-state index contributed by atoms with van der Waals surface area (Å²) in [6, 6.07) is 12.8. The number of ether oxygens (including phenoxy) is 1. The molecule has 3 aromatic rings. The summed E-state index contributed by atoms with van der Waals surface area (Å²) in [7, 11) is 1.81. The maximum Gasteiger partial charge on any atom is 0.274 e.